The maximum atomic E-state index is 12.3. The summed E-state index contributed by atoms with van der Waals surface area (Å²) in [6.45, 7) is 0. The third-order valence-electron chi connectivity index (χ3n) is 2.25. The number of rotatable bonds is 3. The topological polar surface area (TPSA) is 46.5 Å². The molecular formula is C12H7F3O3S. The smallest absolute Gasteiger partial charge is 0.478 e. The summed E-state index contributed by atoms with van der Waals surface area (Å²) in [5, 5.41) is 10.5. The zero-order chi connectivity index (χ0) is 14.0. The lowest BCUT2D eigenvalue weighted by Crippen LogP contribution is -2.17. The molecule has 0 spiro atoms. The van der Waals surface area contributed by atoms with Crippen molar-refractivity contribution in [2.75, 3.05) is 0 Å². The van der Waals surface area contributed by atoms with E-state index in [1.165, 1.54) is 29.6 Å². The molecule has 0 fully saturated rings. The molecule has 100 valence electrons. The van der Waals surface area contributed by atoms with E-state index < -0.39 is 18.1 Å². The van der Waals surface area contributed by atoms with Crippen LogP contribution in [0.3, 0.4) is 0 Å². The minimum atomic E-state index is -4.82. The Labute approximate surface area is 109 Å². The van der Waals surface area contributed by atoms with E-state index in [2.05, 4.69) is 4.74 Å². The number of thiophene rings is 1. The summed E-state index contributed by atoms with van der Waals surface area (Å²) < 4.78 is 40.8. The fourth-order valence-corrected chi connectivity index (χ4v) is 2.47. The van der Waals surface area contributed by atoms with Crippen molar-refractivity contribution in [2.24, 2.45) is 0 Å². The van der Waals surface area contributed by atoms with Gasteiger partial charge in [0.05, 0.1) is 10.4 Å². The first-order valence-electron chi connectivity index (χ1n) is 5.04. The van der Waals surface area contributed by atoms with Crippen molar-refractivity contribution in [3.63, 3.8) is 0 Å². The molecule has 2 rings (SSSR count). The molecule has 0 aliphatic heterocycles. The highest BCUT2D eigenvalue weighted by atomic mass is 32.1. The second-order valence-corrected chi connectivity index (χ2v) is 4.43. The lowest BCUT2D eigenvalue weighted by molar-refractivity contribution is -0.274. The monoisotopic (exact) mass is 288 g/mol. The predicted octanol–water partition coefficient (Wildman–Crippen LogP) is 4.01. The van der Waals surface area contributed by atoms with Crippen molar-refractivity contribution in [3.8, 4) is 16.2 Å². The summed E-state index contributed by atoms with van der Waals surface area (Å²) >= 11 is 1.04. The number of halogens is 3. The summed E-state index contributed by atoms with van der Waals surface area (Å²) in [6.07, 6.45) is -4.82. The molecule has 0 aliphatic carbocycles. The van der Waals surface area contributed by atoms with Gasteiger partial charge in [-0.25, -0.2) is 4.79 Å². The van der Waals surface area contributed by atoms with E-state index in [1.807, 2.05) is 0 Å². The number of para-hydroxylation sites is 1. The molecule has 3 nitrogen and oxygen atoms in total. The molecule has 7 heteroatoms. The Bertz CT molecular complexity index is 604. The number of carboxylic acids is 1. The van der Waals surface area contributed by atoms with Crippen LogP contribution in [0.5, 0.6) is 5.75 Å². The van der Waals surface area contributed by atoms with E-state index in [1.54, 1.807) is 0 Å². The minimum Gasteiger partial charge on any atom is -0.478 e. The normalized spacial score (nSPS) is 11.3. The van der Waals surface area contributed by atoms with Crippen molar-refractivity contribution in [1.82, 2.24) is 0 Å². The lowest BCUT2D eigenvalue weighted by Gasteiger charge is -2.12. The number of carbonyl (C=O) groups is 1. The Morgan fingerprint density at radius 3 is 2.53 bits per heavy atom. The number of hydrogen-bond donors (Lipinski definition) is 1. The van der Waals surface area contributed by atoms with Crippen LogP contribution in [0.25, 0.3) is 10.4 Å². The molecule has 1 aromatic carbocycles. The summed E-state index contributed by atoms with van der Waals surface area (Å²) in [4.78, 5) is 11.2. The van der Waals surface area contributed by atoms with Crippen molar-refractivity contribution < 1.29 is 27.8 Å². The van der Waals surface area contributed by atoms with Gasteiger partial charge in [-0.2, -0.15) is 0 Å². The molecule has 0 bridgehead atoms. The van der Waals surface area contributed by atoms with Gasteiger partial charge < -0.3 is 9.84 Å². The Hall–Kier alpha value is -2.02. The Balaban J connectivity index is 2.50. The van der Waals surface area contributed by atoms with Crippen molar-refractivity contribution >= 4 is 17.3 Å². The van der Waals surface area contributed by atoms with E-state index in [-0.39, 0.29) is 16.0 Å². The van der Waals surface area contributed by atoms with Crippen LogP contribution in [0, 0.1) is 0 Å². The van der Waals surface area contributed by atoms with Crippen LogP contribution in [-0.4, -0.2) is 17.4 Å². The van der Waals surface area contributed by atoms with E-state index in [0.717, 1.165) is 17.4 Å². The average molecular weight is 288 g/mol. The SMILES string of the molecule is O=C(O)c1ccsc1-c1ccccc1OC(F)(F)F. The molecule has 0 atom stereocenters. The maximum Gasteiger partial charge on any atom is 0.573 e. The van der Waals surface area contributed by atoms with Gasteiger partial charge in [-0.05, 0) is 23.6 Å². The molecule has 0 aliphatic rings. The summed E-state index contributed by atoms with van der Waals surface area (Å²) in [5.41, 5.74) is 0.0513. The molecule has 0 saturated carbocycles. The zero-order valence-corrected chi connectivity index (χ0v) is 10.1. The fraction of sp³-hybridized carbons (Fsp3) is 0.0833. The van der Waals surface area contributed by atoms with E-state index in [0.29, 0.717) is 0 Å². The third kappa shape index (κ3) is 3.05. The molecule has 1 heterocycles. The highest BCUT2D eigenvalue weighted by molar-refractivity contribution is 7.14. The molecule has 0 amide bonds. The highest BCUT2D eigenvalue weighted by Crippen LogP contribution is 2.38. The number of hydrogen-bond acceptors (Lipinski definition) is 3. The molecular weight excluding hydrogens is 281 g/mol. The van der Waals surface area contributed by atoms with Crippen LogP contribution < -0.4 is 4.74 Å². The third-order valence-corrected chi connectivity index (χ3v) is 3.20. The van der Waals surface area contributed by atoms with Gasteiger partial charge in [-0.15, -0.1) is 24.5 Å². The van der Waals surface area contributed by atoms with Crippen LogP contribution in [0.15, 0.2) is 35.7 Å². The van der Waals surface area contributed by atoms with Gasteiger partial charge in [0.25, 0.3) is 0 Å². The first-order valence-corrected chi connectivity index (χ1v) is 5.92. The molecule has 1 N–H and O–H groups in total. The molecule has 0 unspecified atom stereocenters. The number of ether oxygens (including phenoxy) is 1. The lowest BCUT2D eigenvalue weighted by atomic mass is 10.1. The quantitative estimate of drug-likeness (QED) is 0.928. The van der Waals surface area contributed by atoms with Gasteiger partial charge >= 0.3 is 12.3 Å². The van der Waals surface area contributed by atoms with Gasteiger partial charge in [0.1, 0.15) is 5.75 Å². The van der Waals surface area contributed by atoms with Crippen LogP contribution in [0.2, 0.25) is 0 Å². The van der Waals surface area contributed by atoms with Crippen LogP contribution >= 0.6 is 11.3 Å². The van der Waals surface area contributed by atoms with Crippen LogP contribution in [0.1, 0.15) is 10.4 Å². The number of benzene rings is 1. The Morgan fingerprint density at radius 1 is 1.21 bits per heavy atom. The molecule has 1 aromatic heterocycles. The van der Waals surface area contributed by atoms with E-state index >= 15 is 0 Å². The average Bonchev–Trinajstić information content (AvgIpc) is 2.76. The van der Waals surface area contributed by atoms with Crippen molar-refractivity contribution in [1.29, 1.82) is 0 Å². The first-order chi connectivity index (χ1) is 8.88. The number of carboxylic acid groups (broad SMARTS) is 1. The van der Waals surface area contributed by atoms with Gasteiger partial charge in [0.2, 0.25) is 0 Å². The zero-order valence-electron chi connectivity index (χ0n) is 9.27. The number of aromatic carboxylic acids is 1. The predicted molar refractivity (Wildman–Crippen MR) is 63.4 cm³/mol. The molecule has 0 saturated heterocycles. The molecule has 19 heavy (non-hydrogen) atoms. The first kappa shape index (κ1) is 13.4. The van der Waals surface area contributed by atoms with E-state index in [4.69, 9.17) is 5.11 Å². The fourth-order valence-electron chi connectivity index (χ4n) is 1.55. The van der Waals surface area contributed by atoms with Crippen LogP contribution in [0.4, 0.5) is 13.2 Å². The standard InChI is InChI=1S/C12H7F3O3S/c13-12(14,15)18-9-4-2-1-3-7(9)10-8(11(16)17)5-6-19-10/h1-6H,(H,16,17). The van der Waals surface area contributed by atoms with Gasteiger partial charge in [-0.1, -0.05) is 12.1 Å². The second kappa shape index (κ2) is 4.93. The second-order valence-electron chi connectivity index (χ2n) is 3.51. The van der Waals surface area contributed by atoms with Gasteiger partial charge in [0, 0.05) is 5.56 Å². The summed E-state index contributed by atoms with van der Waals surface area (Å²) in [7, 11) is 0. The minimum absolute atomic E-state index is 0.0526. The van der Waals surface area contributed by atoms with Gasteiger partial charge in [-0.3, -0.25) is 0 Å². The van der Waals surface area contributed by atoms with Crippen molar-refractivity contribution in [3.05, 3.63) is 41.3 Å². The Kier molecular flexibility index (Phi) is 3.48. The molecule has 2 aromatic rings. The summed E-state index contributed by atoms with van der Waals surface area (Å²) in [6, 6.07) is 6.78. The van der Waals surface area contributed by atoms with Gasteiger partial charge in [0.15, 0.2) is 0 Å². The van der Waals surface area contributed by atoms with E-state index in [9.17, 15) is 18.0 Å². The highest BCUT2D eigenvalue weighted by Gasteiger charge is 2.32. The number of alkyl halides is 3. The maximum absolute atomic E-state index is 12.3. The van der Waals surface area contributed by atoms with Crippen LogP contribution in [-0.2, 0) is 0 Å². The Morgan fingerprint density at radius 2 is 1.89 bits per heavy atom. The summed E-state index contributed by atoms with van der Waals surface area (Å²) in [5.74, 6) is -1.61. The van der Waals surface area contributed by atoms with Crippen molar-refractivity contribution in [2.45, 2.75) is 6.36 Å². The largest absolute Gasteiger partial charge is 0.573 e. The molecule has 0 radical (unpaired) electrons.